The summed E-state index contributed by atoms with van der Waals surface area (Å²) in [6.07, 6.45) is -2.54. The average Bonchev–Trinajstić information content (AvgIpc) is 3.20. The number of nitrogens with zero attached hydrogens (tertiary/aromatic N) is 2. The lowest BCUT2D eigenvalue weighted by atomic mass is 10.1. The van der Waals surface area contributed by atoms with Gasteiger partial charge in [0.1, 0.15) is 11.9 Å². The summed E-state index contributed by atoms with van der Waals surface area (Å²) in [5, 5.41) is 14.7. The molecule has 0 bridgehead atoms. The Kier molecular flexibility index (Phi) is 12.4. The number of amides is 2. The number of esters is 1. The molecule has 1 aromatic carbocycles. The summed E-state index contributed by atoms with van der Waals surface area (Å²) in [6, 6.07) is 10.1. The van der Waals surface area contributed by atoms with Crippen LogP contribution in [-0.2, 0) is 23.8 Å². The summed E-state index contributed by atoms with van der Waals surface area (Å²) < 4.78 is 46.8. The predicted molar refractivity (Wildman–Crippen MR) is 147 cm³/mol. The van der Waals surface area contributed by atoms with Crippen LogP contribution in [0.15, 0.2) is 47.4 Å². The van der Waals surface area contributed by atoms with Gasteiger partial charge in [0.25, 0.3) is 0 Å². The third kappa shape index (κ3) is 9.05. The smallest absolute Gasteiger partial charge is 0.412 e. The minimum absolute atomic E-state index is 0.0853. The number of halogens is 2. The molecule has 2 heterocycles. The van der Waals surface area contributed by atoms with Crippen molar-refractivity contribution < 1.29 is 42.5 Å². The number of hydrogen-bond acceptors (Lipinski definition) is 9. The van der Waals surface area contributed by atoms with Gasteiger partial charge in [-0.05, 0) is 37.5 Å². The number of unbranched alkanes of at least 4 members (excludes halogenated alkanes) is 4. The first-order chi connectivity index (χ1) is 20.2. The Bertz CT molecular complexity index is 1240. The Morgan fingerprint density at radius 2 is 1.76 bits per heavy atom. The molecule has 230 valence electrons. The van der Waals surface area contributed by atoms with Gasteiger partial charge < -0.3 is 24.6 Å². The number of alkyl halides is 2. The van der Waals surface area contributed by atoms with E-state index in [9.17, 15) is 24.3 Å². The Balaban J connectivity index is 1.52. The highest BCUT2D eigenvalue weighted by atomic mass is 19.3. The highest BCUT2D eigenvalue weighted by Gasteiger charge is 2.62. The van der Waals surface area contributed by atoms with Crippen molar-refractivity contribution >= 4 is 29.5 Å². The Hall–Kier alpha value is -3.91. The molecule has 1 aliphatic rings. The van der Waals surface area contributed by atoms with Crippen LogP contribution in [0.5, 0.6) is 0 Å². The minimum Gasteiger partial charge on any atom is -0.453 e. The molecule has 1 aromatic heterocycles. The summed E-state index contributed by atoms with van der Waals surface area (Å²) in [5.41, 5.74) is -0.459. The lowest BCUT2D eigenvalue weighted by Crippen LogP contribution is -2.45. The molecular formula is C28H36F2N4O8. The molecular weight excluding hydrogens is 558 g/mol. The van der Waals surface area contributed by atoms with Crippen molar-refractivity contribution in [3.63, 3.8) is 0 Å². The molecule has 0 radical (unpaired) electrons. The van der Waals surface area contributed by atoms with Crippen molar-refractivity contribution in [2.45, 2.75) is 82.6 Å². The van der Waals surface area contributed by atoms with Crippen LogP contribution in [0.3, 0.4) is 0 Å². The van der Waals surface area contributed by atoms with Crippen LogP contribution < -0.4 is 16.3 Å². The van der Waals surface area contributed by atoms with Crippen LogP contribution in [0, 0.1) is 0 Å². The molecule has 42 heavy (non-hydrogen) atoms. The van der Waals surface area contributed by atoms with Gasteiger partial charge in [0.05, 0.1) is 13.2 Å². The molecule has 1 fully saturated rings. The molecule has 0 saturated carbocycles. The molecule has 3 rings (SSSR count). The quantitative estimate of drug-likeness (QED) is 0.205. The molecule has 1 saturated heterocycles. The second-order valence-corrected chi connectivity index (χ2v) is 9.72. The maximum atomic E-state index is 15.5. The number of hydrogen-bond donors (Lipinski definition) is 3. The molecule has 3 N–H and O–H groups in total. The summed E-state index contributed by atoms with van der Waals surface area (Å²) >= 11 is 0. The first-order valence-electron chi connectivity index (χ1n) is 13.9. The van der Waals surface area contributed by atoms with Gasteiger partial charge >= 0.3 is 23.7 Å². The lowest BCUT2D eigenvalue weighted by Gasteiger charge is -2.25. The number of nitrogens with one attached hydrogen (secondary N) is 2. The van der Waals surface area contributed by atoms with E-state index in [4.69, 9.17) is 14.2 Å². The Labute approximate surface area is 241 Å². The second-order valence-electron chi connectivity index (χ2n) is 9.72. The van der Waals surface area contributed by atoms with E-state index in [0.29, 0.717) is 48.8 Å². The minimum atomic E-state index is -3.97. The molecule has 14 heteroatoms. The molecule has 2 amide bonds. The summed E-state index contributed by atoms with van der Waals surface area (Å²) in [7, 11) is 0. The van der Waals surface area contributed by atoms with Gasteiger partial charge in [-0.3, -0.25) is 14.9 Å². The van der Waals surface area contributed by atoms with Gasteiger partial charge in [0, 0.05) is 24.7 Å². The van der Waals surface area contributed by atoms with Crippen molar-refractivity contribution in [2.24, 2.45) is 0 Å². The highest BCUT2D eigenvalue weighted by Crippen LogP contribution is 2.45. The van der Waals surface area contributed by atoms with E-state index in [1.54, 1.807) is 12.1 Å². The molecule has 0 unspecified atom stereocenters. The van der Waals surface area contributed by atoms with Gasteiger partial charge in [-0.2, -0.15) is 8.78 Å². The molecule has 2 aromatic rings. The average molecular weight is 595 g/mol. The van der Waals surface area contributed by atoms with E-state index in [0.717, 1.165) is 18.7 Å². The van der Waals surface area contributed by atoms with Crippen molar-refractivity contribution in [1.82, 2.24) is 9.55 Å². The van der Waals surface area contributed by atoms with Crippen LogP contribution in [-0.4, -0.2) is 64.0 Å². The summed E-state index contributed by atoms with van der Waals surface area (Å²) in [6.45, 7) is 1.05. The van der Waals surface area contributed by atoms with Crippen LogP contribution in [0.2, 0.25) is 0 Å². The molecule has 12 nitrogen and oxygen atoms in total. The highest BCUT2D eigenvalue weighted by molar-refractivity contribution is 5.90. The van der Waals surface area contributed by atoms with Gasteiger partial charge in [-0.15, -0.1) is 0 Å². The standard InChI is InChI=1S/C28H36F2N4O8/c1-2-3-17-40-27(39)33-21-15-16-31-26(38)34(21)25-28(29,30)24(20(18-35)41-25)42-23(37)14-10-5-4-9-13-22(36)32-19-11-7-6-8-12-19/h6-8,11-12,15-16,20,24-25,35H,2-5,9-10,13-14,17-18H2,1H3,(H,32,36)(H,33,39)/t20-,24-,25-/m1/s1. The number of anilines is 2. The topological polar surface area (TPSA) is 158 Å². The first kappa shape index (κ1) is 32.6. The second kappa shape index (κ2) is 15.9. The lowest BCUT2D eigenvalue weighted by molar-refractivity contribution is -0.176. The van der Waals surface area contributed by atoms with E-state index >= 15 is 8.78 Å². The van der Waals surface area contributed by atoms with Crippen molar-refractivity contribution in [2.75, 3.05) is 23.8 Å². The Morgan fingerprint density at radius 1 is 1.05 bits per heavy atom. The zero-order valence-corrected chi connectivity index (χ0v) is 23.3. The van der Waals surface area contributed by atoms with Crippen molar-refractivity contribution in [3.8, 4) is 0 Å². The zero-order valence-electron chi connectivity index (χ0n) is 23.3. The number of aliphatic hydroxyl groups excluding tert-OH is 1. The van der Waals surface area contributed by atoms with E-state index < -0.39 is 48.7 Å². The number of aliphatic hydroxyl groups is 1. The van der Waals surface area contributed by atoms with Gasteiger partial charge in [0.15, 0.2) is 6.10 Å². The van der Waals surface area contributed by atoms with Crippen molar-refractivity contribution in [1.29, 1.82) is 0 Å². The summed E-state index contributed by atoms with van der Waals surface area (Å²) in [5.74, 6) is -5.40. The monoisotopic (exact) mass is 594 g/mol. The number of benzene rings is 1. The number of para-hydroxylation sites is 1. The van der Waals surface area contributed by atoms with Gasteiger partial charge in [0.2, 0.25) is 12.1 Å². The van der Waals surface area contributed by atoms with Crippen LogP contribution in [0.1, 0.15) is 64.5 Å². The van der Waals surface area contributed by atoms with Crippen LogP contribution in [0.4, 0.5) is 25.1 Å². The number of aromatic nitrogens is 2. The van der Waals surface area contributed by atoms with Gasteiger partial charge in [-0.1, -0.05) is 44.4 Å². The summed E-state index contributed by atoms with van der Waals surface area (Å²) in [4.78, 5) is 52.5. The number of ether oxygens (including phenoxy) is 3. The Morgan fingerprint density at radius 3 is 2.45 bits per heavy atom. The number of carbonyl (C=O) groups is 3. The fourth-order valence-electron chi connectivity index (χ4n) is 4.29. The largest absolute Gasteiger partial charge is 0.453 e. The van der Waals surface area contributed by atoms with E-state index in [1.165, 1.54) is 0 Å². The first-order valence-corrected chi connectivity index (χ1v) is 13.9. The van der Waals surface area contributed by atoms with E-state index in [1.807, 2.05) is 25.1 Å². The fraction of sp³-hybridized carbons (Fsp3) is 0.536. The zero-order chi connectivity index (χ0) is 30.5. The fourth-order valence-corrected chi connectivity index (χ4v) is 4.29. The maximum absolute atomic E-state index is 15.5. The van der Waals surface area contributed by atoms with E-state index in [2.05, 4.69) is 15.6 Å². The molecule has 0 spiro atoms. The maximum Gasteiger partial charge on any atom is 0.412 e. The number of carbonyl (C=O) groups excluding carboxylic acids is 3. The molecule has 1 aliphatic heterocycles. The molecule has 3 atom stereocenters. The SMILES string of the molecule is CCCCOC(=O)Nc1ccnc(=O)n1[C@@H]1O[C@H](CO)[C@@H](OC(=O)CCCCCCC(=O)Nc2ccccc2)C1(F)F. The third-order valence-corrected chi connectivity index (χ3v) is 6.46. The van der Waals surface area contributed by atoms with E-state index in [-0.39, 0.29) is 24.8 Å². The predicted octanol–water partition coefficient (Wildman–Crippen LogP) is 4.01. The van der Waals surface area contributed by atoms with Gasteiger partial charge in [-0.25, -0.2) is 19.1 Å². The number of rotatable bonds is 15. The third-order valence-electron chi connectivity index (χ3n) is 6.46. The van der Waals surface area contributed by atoms with Crippen LogP contribution >= 0.6 is 0 Å². The normalized spacial score (nSPS) is 19.2. The molecule has 0 aliphatic carbocycles. The van der Waals surface area contributed by atoms with Crippen LogP contribution in [0.25, 0.3) is 0 Å². The van der Waals surface area contributed by atoms with Crippen molar-refractivity contribution in [3.05, 3.63) is 53.1 Å².